The summed E-state index contributed by atoms with van der Waals surface area (Å²) in [5.74, 6) is -0.906. The number of allylic oxidation sites excluding steroid dienone is 12. The zero-order chi connectivity index (χ0) is 43.7. The van der Waals surface area contributed by atoms with Crippen LogP contribution in [0.4, 0.5) is 0 Å². The van der Waals surface area contributed by atoms with E-state index in [-0.39, 0.29) is 31.1 Å². The van der Waals surface area contributed by atoms with Crippen LogP contribution in [0.2, 0.25) is 0 Å². The van der Waals surface area contributed by atoms with Gasteiger partial charge in [0.25, 0.3) is 0 Å². The summed E-state index contributed by atoms with van der Waals surface area (Å²) >= 11 is 0. The molecule has 6 heteroatoms. The van der Waals surface area contributed by atoms with Crippen LogP contribution in [0.1, 0.15) is 233 Å². The van der Waals surface area contributed by atoms with Crippen molar-refractivity contribution in [2.45, 2.75) is 239 Å². The van der Waals surface area contributed by atoms with Gasteiger partial charge in [-0.15, -0.1) is 0 Å². The molecule has 0 aromatic rings. The Morgan fingerprint density at radius 1 is 0.350 bits per heavy atom. The quantitative estimate of drug-likeness (QED) is 0.0263. The Kier molecular flexibility index (Phi) is 46.0. The van der Waals surface area contributed by atoms with Crippen molar-refractivity contribution < 1.29 is 28.6 Å². The minimum atomic E-state index is -0.776. The first-order chi connectivity index (χ1) is 29.5. The molecule has 0 aliphatic heterocycles. The van der Waals surface area contributed by atoms with E-state index in [1.54, 1.807) is 0 Å². The highest BCUT2D eigenvalue weighted by Gasteiger charge is 2.19. The fraction of sp³-hybridized carbons (Fsp3) is 0.722. The number of carbonyl (C=O) groups excluding carboxylic acids is 3. The van der Waals surface area contributed by atoms with E-state index >= 15 is 0 Å². The molecule has 344 valence electrons. The van der Waals surface area contributed by atoms with Gasteiger partial charge in [0, 0.05) is 19.3 Å². The van der Waals surface area contributed by atoms with Crippen LogP contribution in [0.15, 0.2) is 72.9 Å². The highest BCUT2D eigenvalue weighted by molar-refractivity contribution is 5.71. The van der Waals surface area contributed by atoms with E-state index in [1.165, 1.54) is 77.0 Å². The molecule has 6 nitrogen and oxygen atoms in total. The molecule has 0 amide bonds. The van der Waals surface area contributed by atoms with E-state index in [0.717, 1.165) is 116 Å². The highest BCUT2D eigenvalue weighted by atomic mass is 16.6. The van der Waals surface area contributed by atoms with E-state index in [0.29, 0.717) is 19.3 Å². The minimum absolute atomic E-state index is 0.0801. The summed E-state index contributed by atoms with van der Waals surface area (Å²) < 4.78 is 16.7. The van der Waals surface area contributed by atoms with Crippen molar-refractivity contribution in [1.82, 2.24) is 0 Å². The van der Waals surface area contributed by atoms with Crippen LogP contribution in [0.5, 0.6) is 0 Å². The Hall–Kier alpha value is -3.15. The average molecular weight is 837 g/mol. The van der Waals surface area contributed by atoms with Crippen LogP contribution in [0.25, 0.3) is 0 Å². The van der Waals surface area contributed by atoms with E-state index in [4.69, 9.17) is 14.2 Å². The molecule has 0 bridgehead atoms. The van der Waals surface area contributed by atoms with Crippen molar-refractivity contribution >= 4 is 17.9 Å². The molecule has 0 aliphatic rings. The van der Waals surface area contributed by atoms with Gasteiger partial charge < -0.3 is 14.2 Å². The Labute approximate surface area is 370 Å². The molecule has 0 heterocycles. The predicted octanol–water partition coefficient (Wildman–Crippen LogP) is 16.3. The molecule has 0 saturated carbocycles. The van der Waals surface area contributed by atoms with E-state index in [1.807, 2.05) is 0 Å². The Morgan fingerprint density at radius 2 is 0.683 bits per heavy atom. The summed E-state index contributed by atoms with van der Waals surface area (Å²) in [7, 11) is 0. The molecule has 0 spiro atoms. The maximum Gasteiger partial charge on any atom is 0.306 e. The molecule has 0 aliphatic carbocycles. The van der Waals surface area contributed by atoms with Crippen LogP contribution in [0.3, 0.4) is 0 Å². The number of unbranched alkanes of at least 4 members (excludes halogenated alkanes) is 21. The largest absolute Gasteiger partial charge is 0.462 e. The lowest BCUT2D eigenvalue weighted by Gasteiger charge is -2.18. The lowest BCUT2D eigenvalue weighted by Crippen LogP contribution is -2.30. The molecule has 1 unspecified atom stereocenters. The zero-order valence-electron chi connectivity index (χ0n) is 39.2. The van der Waals surface area contributed by atoms with Crippen LogP contribution < -0.4 is 0 Å². The van der Waals surface area contributed by atoms with Gasteiger partial charge in [-0.2, -0.15) is 0 Å². The predicted molar refractivity (Wildman–Crippen MR) is 256 cm³/mol. The van der Waals surface area contributed by atoms with Gasteiger partial charge in [0.1, 0.15) is 13.2 Å². The molecular weight excluding hydrogens is 745 g/mol. The second-order valence-electron chi connectivity index (χ2n) is 16.3. The Balaban J connectivity index is 4.15. The summed E-state index contributed by atoms with van der Waals surface area (Å²) in [5.41, 5.74) is 0. The van der Waals surface area contributed by atoms with Gasteiger partial charge in [0.15, 0.2) is 6.10 Å². The maximum atomic E-state index is 12.7. The maximum absolute atomic E-state index is 12.7. The number of hydrogen-bond acceptors (Lipinski definition) is 6. The third kappa shape index (κ3) is 45.9. The van der Waals surface area contributed by atoms with Crippen LogP contribution >= 0.6 is 0 Å². The van der Waals surface area contributed by atoms with Gasteiger partial charge in [-0.05, 0) is 83.5 Å². The van der Waals surface area contributed by atoms with Gasteiger partial charge in [-0.25, -0.2) is 0 Å². The molecule has 0 aromatic carbocycles. The van der Waals surface area contributed by atoms with Crippen LogP contribution in [-0.4, -0.2) is 37.2 Å². The van der Waals surface area contributed by atoms with E-state index < -0.39 is 6.10 Å². The van der Waals surface area contributed by atoms with Gasteiger partial charge in [-0.3, -0.25) is 14.4 Å². The Morgan fingerprint density at radius 3 is 1.10 bits per heavy atom. The average Bonchev–Trinajstić information content (AvgIpc) is 3.24. The first-order valence-electron chi connectivity index (χ1n) is 24.9. The highest BCUT2D eigenvalue weighted by Crippen LogP contribution is 2.14. The number of rotatable bonds is 44. The summed E-state index contributed by atoms with van der Waals surface area (Å²) in [5, 5.41) is 0. The van der Waals surface area contributed by atoms with Crippen molar-refractivity contribution in [2.24, 2.45) is 0 Å². The number of ether oxygens (including phenoxy) is 3. The lowest BCUT2D eigenvalue weighted by molar-refractivity contribution is -0.167. The molecule has 0 aromatic heterocycles. The fourth-order valence-electron chi connectivity index (χ4n) is 6.71. The first-order valence-corrected chi connectivity index (χ1v) is 24.9. The second-order valence-corrected chi connectivity index (χ2v) is 16.3. The third-order valence-electron chi connectivity index (χ3n) is 10.4. The third-order valence-corrected chi connectivity index (χ3v) is 10.4. The topological polar surface area (TPSA) is 78.9 Å². The van der Waals surface area contributed by atoms with E-state index in [9.17, 15) is 14.4 Å². The second kappa shape index (κ2) is 48.5. The summed E-state index contributed by atoms with van der Waals surface area (Å²) in [6.45, 7) is 6.40. The first kappa shape index (κ1) is 56.9. The number of carbonyl (C=O) groups is 3. The minimum Gasteiger partial charge on any atom is -0.462 e. The van der Waals surface area contributed by atoms with Crippen molar-refractivity contribution in [3.63, 3.8) is 0 Å². The Bertz CT molecular complexity index is 1140. The molecule has 0 radical (unpaired) electrons. The normalized spacial score (nSPS) is 12.7. The molecule has 60 heavy (non-hydrogen) atoms. The zero-order valence-corrected chi connectivity index (χ0v) is 39.2. The summed E-state index contributed by atoms with van der Waals surface area (Å²) in [6, 6.07) is 0. The monoisotopic (exact) mass is 837 g/mol. The smallest absolute Gasteiger partial charge is 0.306 e. The van der Waals surface area contributed by atoms with E-state index in [2.05, 4.69) is 93.7 Å². The van der Waals surface area contributed by atoms with Gasteiger partial charge >= 0.3 is 17.9 Å². The van der Waals surface area contributed by atoms with Crippen LogP contribution in [-0.2, 0) is 28.6 Å². The molecule has 0 N–H and O–H groups in total. The van der Waals surface area contributed by atoms with Gasteiger partial charge in [-0.1, -0.05) is 203 Å². The van der Waals surface area contributed by atoms with Gasteiger partial charge in [0.2, 0.25) is 0 Å². The molecule has 1 atom stereocenters. The molecule has 0 fully saturated rings. The summed E-state index contributed by atoms with van der Waals surface area (Å²) in [6.07, 6.45) is 60.5. The van der Waals surface area contributed by atoms with Crippen molar-refractivity contribution in [1.29, 1.82) is 0 Å². The fourth-order valence-corrected chi connectivity index (χ4v) is 6.71. The van der Waals surface area contributed by atoms with Crippen molar-refractivity contribution in [2.75, 3.05) is 13.2 Å². The van der Waals surface area contributed by atoms with Gasteiger partial charge in [0.05, 0.1) is 0 Å². The molecule has 0 rings (SSSR count). The lowest BCUT2D eigenvalue weighted by atomic mass is 10.1. The molecule has 0 saturated heterocycles. The standard InChI is InChI=1S/C54H92O6/c1-4-7-10-13-16-18-20-21-22-23-24-25-26-27-28-29-30-31-32-33-34-36-38-41-44-47-53(56)59-50-51(49-58-52(55)46-43-40-37-15-12-9-6-3)60-54(57)48-45-42-39-35-19-17-14-11-8-5-2/h7,10-11,14,16,18,21-22,24-25,27-28,51H,4-6,8-9,12-13,15,17,19-20,23,26,29-50H2,1-3H3/b10-7-,14-11-,18-16-,22-21-,25-24-,28-27-. The van der Waals surface area contributed by atoms with Crippen LogP contribution in [0, 0.1) is 0 Å². The number of esters is 3. The van der Waals surface area contributed by atoms with Crippen molar-refractivity contribution in [3.8, 4) is 0 Å². The number of hydrogen-bond donors (Lipinski definition) is 0. The molecular formula is C54H92O6. The van der Waals surface area contributed by atoms with Crippen molar-refractivity contribution in [3.05, 3.63) is 72.9 Å². The summed E-state index contributed by atoms with van der Waals surface area (Å²) in [4.78, 5) is 37.6. The SMILES string of the molecule is CC/C=C\C/C=C\C/C=C\C/C=C\C/C=C\CCCCCCCCCCCC(=O)OCC(COC(=O)CCCCCCCCC)OC(=O)CCCCCCC/C=C\CCC.